The molecule has 0 bridgehead atoms. The molecule has 0 unspecified atom stereocenters. The van der Waals surface area contributed by atoms with Crippen LogP contribution in [0.25, 0.3) is 0 Å². The molecule has 1 aromatic rings. The predicted molar refractivity (Wildman–Crippen MR) is 68.8 cm³/mol. The highest BCUT2D eigenvalue weighted by Gasteiger charge is 2.19. The Bertz CT molecular complexity index is 457. The van der Waals surface area contributed by atoms with Crippen molar-refractivity contribution in [3.63, 3.8) is 0 Å². The van der Waals surface area contributed by atoms with Gasteiger partial charge >= 0.3 is 0 Å². The summed E-state index contributed by atoms with van der Waals surface area (Å²) in [4.78, 5) is 12.7. The third kappa shape index (κ3) is 3.04. The van der Waals surface area contributed by atoms with Crippen LogP contribution in [0.1, 0.15) is 29.8 Å². The van der Waals surface area contributed by atoms with Crippen LogP contribution in [0, 0.1) is 19.3 Å². The molecule has 1 aromatic carbocycles. The number of terminal acetylenes is 1. The number of benzene rings is 1. The van der Waals surface area contributed by atoms with Gasteiger partial charge in [0, 0.05) is 10.5 Å². The van der Waals surface area contributed by atoms with Gasteiger partial charge in [-0.3, -0.25) is 4.79 Å². The van der Waals surface area contributed by atoms with Crippen LogP contribution in [0.15, 0.2) is 23.1 Å². The molecule has 0 fully saturated rings. The minimum absolute atomic E-state index is 0.170. The van der Waals surface area contributed by atoms with E-state index in [4.69, 9.17) is 6.42 Å². The summed E-state index contributed by atoms with van der Waals surface area (Å²) < 4.78 is 0. The molecule has 0 aliphatic rings. The Labute approximate surface area is 102 Å². The number of nitrogens with one attached hydrogen (secondary N) is 1. The molecular weight excluding hydrogens is 218 g/mol. The van der Waals surface area contributed by atoms with E-state index >= 15 is 0 Å². The van der Waals surface area contributed by atoms with Crippen molar-refractivity contribution in [2.75, 3.05) is 0 Å². The van der Waals surface area contributed by atoms with Gasteiger partial charge in [-0.25, -0.2) is 0 Å². The molecular formula is C13H15NOS. The largest absolute Gasteiger partial charge is 0.336 e. The lowest BCUT2D eigenvalue weighted by atomic mass is 10.0. The minimum Gasteiger partial charge on any atom is -0.336 e. The number of aryl methyl sites for hydroxylation is 1. The normalized spacial score (nSPS) is 10.7. The molecule has 0 spiro atoms. The molecule has 1 rings (SSSR count). The Balaban J connectivity index is 2.98. The molecule has 0 aromatic heterocycles. The first kappa shape index (κ1) is 12.7. The summed E-state index contributed by atoms with van der Waals surface area (Å²) in [5.74, 6) is 2.35. The lowest BCUT2D eigenvalue weighted by Gasteiger charge is -2.20. The number of carbonyl (C=O) groups excluding carboxylic acids is 1. The van der Waals surface area contributed by atoms with Crippen LogP contribution in [-0.4, -0.2) is 11.4 Å². The summed E-state index contributed by atoms with van der Waals surface area (Å²) >= 11 is 4.21. The Morgan fingerprint density at radius 1 is 1.50 bits per heavy atom. The van der Waals surface area contributed by atoms with Crippen LogP contribution in [0.4, 0.5) is 0 Å². The summed E-state index contributed by atoms with van der Waals surface area (Å²) in [6, 6.07) is 5.45. The van der Waals surface area contributed by atoms with E-state index in [9.17, 15) is 4.79 Å². The molecule has 1 amide bonds. The maximum absolute atomic E-state index is 12.0. The summed E-state index contributed by atoms with van der Waals surface area (Å²) in [6.07, 6.45) is 5.32. The maximum atomic E-state index is 12.0. The molecule has 0 radical (unpaired) electrons. The van der Waals surface area contributed by atoms with E-state index in [1.165, 1.54) is 0 Å². The smallest absolute Gasteiger partial charge is 0.252 e. The van der Waals surface area contributed by atoms with E-state index < -0.39 is 5.54 Å². The highest BCUT2D eigenvalue weighted by Crippen LogP contribution is 2.15. The monoisotopic (exact) mass is 233 g/mol. The van der Waals surface area contributed by atoms with E-state index in [-0.39, 0.29) is 5.91 Å². The topological polar surface area (TPSA) is 29.1 Å². The number of hydrogen-bond acceptors (Lipinski definition) is 2. The maximum Gasteiger partial charge on any atom is 0.252 e. The van der Waals surface area contributed by atoms with Gasteiger partial charge in [0.2, 0.25) is 0 Å². The van der Waals surface area contributed by atoms with Gasteiger partial charge in [-0.2, -0.15) is 0 Å². The van der Waals surface area contributed by atoms with Gasteiger partial charge < -0.3 is 5.32 Å². The van der Waals surface area contributed by atoms with E-state index in [1.54, 1.807) is 19.9 Å². The lowest BCUT2D eigenvalue weighted by Crippen LogP contribution is -2.42. The average molecular weight is 233 g/mol. The average Bonchev–Trinajstić information content (AvgIpc) is 2.21. The van der Waals surface area contributed by atoms with Crippen molar-refractivity contribution in [1.29, 1.82) is 0 Å². The van der Waals surface area contributed by atoms with Crippen molar-refractivity contribution < 1.29 is 4.79 Å². The third-order valence-corrected chi connectivity index (χ3v) is 2.53. The molecule has 16 heavy (non-hydrogen) atoms. The van der Waals surface area contributed by atoms with E-state index in [0.29, 0.717) is 5.56 Å². The van der Waals surface area contributed by atoms with Gasteiger partial charge in [0.25, 0.3) is 5.91 Å². The number of amides is 1. The van der Waals surface area contributed by atoms with Crippen LogP contribution >= 0.6 is 12.6 Å². The molecule has 0 heterocycles. The fourth-order valence-electron chi connectivity index (χ4n) is 1.24. The number of thiol groups is 1. The van der Waals surface area contributed by atoms with E-state index in [0.717, 1.165) is 10.5 Å². The molecule has 0 aliphatic heterocycles. The third-order valence-electron chi connectivity index (χ3n) is 2.25. The van der Waals surface area contributed by atoms with E-state index in [2.05, 4.69) is 23.9 Å². The van der Waals surface area contributed by atoms with E-state index in [1.807, 2.05) is 19.1 Å². The zero-order chi connectivity index (χ0) is 12.3. The molecule has 0 atom stereocenters. The van der Waals surface area contributed by atoms with Crippen LogP contribution in [0.3, 0.4) is 0 Å². The van der Waals surface area contributed by atoms with Crippen LogP contribution in [0.5, 0.6) is 0 Å². The van der Waals surface area contributed by atoms with Crippen molar-refractivity contribution in [3.05, 3.63) is 29.3 Å². The standard InChI is InChI=1S/C13H15NOS/c1-5-13(3,4)14-12(15)11-8-10(16)7-6-9(11)2/h1,6-8,16H,2-4H3,(H,14,15). The Kier molecular flexibility index (Phi) is 3.66. The zero-order valence-electron chi connectivity index (χ0n) is 9.66. The van der Waals surface area contributed by atoms with Crippen molar-refractivity contribution in [2.45, 2.75) is 31.2 Å². The fraction of sp³-hybridized carbons (Fsp3) is 0.308. The summed E-state index contributed by atoms with van der Waals surface area (Å²) in [6.45, 7) is 5.45. The highest BCUT2D eigenvalue weighted by molar-refractivity contribution is 7.80. The van der Waals surface area contributed by atoms with Gasteiger partial charge in [0.1, 0.15) is 0 Å². The molecule has 84 valence electrons. The Morgan fingerprint density at radius 3 is 2.69 bits per heavy atom. The van der Waals surface area contributed by atoms with Gasteiger partial charge in [-0.15, -0.1) is 19.1 Å². The van der Waals surface area contributed by atoms with Gasteiger partial charge in [0.15, 0.2) is 0 Å². The second kappa shape index (κ2) is 4.63. The number of hydrogen-bond donors (Lipinski definition) is 2. The first-order chi connectivity index (χ1) is 7.35. The molecule has 0 aliphatic carbocycles. The molecule has 2 nitrogen and oxygen atoms in total. The van der Waals surface area contributed by atoms with Crippen molar-refractivity contribution >= 4 is 18.5 Å². The SMILES string of the molecule is C#CC(C)(C)NC(=O)c1cc(S)ccc1C. The van der Waals surface area contributed by atoms with Crippen molar-refractivity contribution in [1.82, 2.24) is 5.32 Å². The minimum atomic E-state index is -0.643. The first-order valence-corrected chi connectivity index (χ1v) is 5.40. The number of carbonyl (C=O) groups is 1. The van der Waals surface area contributed by atoms with Gasteiger partial charge in [0.05, 0.1) is 5.54 Å². The quantitative estimate of drug-likeness (QED) is 0.596. The summed E-state index contributed by atoms with van der Waals surface area (Å²) in [7, 11) is 0. The molecule has 0 saturated carbocycles. The van der Waals surface area contributed by atoms with Gasteiger partial charge in [-0.1, -0.05) is 12.0 Å². The fourth-order valence-corrected chi connectivity index (χ4v) is 1.45. The van der Waals surface area contributed by atoms with Crippen LogP contribution in [-0.2, 0) is 0 Å². The summed E-state index contributed by atoms with van der Waals surface area (Å²) in [5.41, 5.74) is 0.870. The van der Waals surface area contributed by atoms with Crippen LogP contribution < -0.4 is 5.32 Å². The predicted octanol–water partition coefficient (Wildman–Crippen LogP) is 2.43. The highest BCUT2D eigenvalue weighted by atomic mass is 32.1. The van der Waals surface area contributed by atoms with Crippen LogP contribution in [0.2, 0.25) is 0 Å². The number of rotatable bonds is 2. The van der Waals surface area contributed by atoms with Crippen molar-refractivity contribution in [3.8, 4) is 12.3 Å². The molecule has 0 saturated heterocycles. The first-order valence-electron chi connectivity index (χ1n) is 4.95. The Hall–Kier alpha value is -1.40. The summed E-state index contributed by atoms with van der Waals surface area (Å²) in [5, 5.41) is 2.78. The lowest BCUT2D eigenvalue weighted by molar-refractivity contribution is 0.0929. The zero-order valence-corrected chi connectivity index (χ0v) is 10.6. The van der Waals surface area contributed by atoms with Crippen molar-refractivity contribution in [2.24, 2.45) is 0 Å². The second-order valence-electron chi connectivity index (χ2n) is 4.22. The molecule has 1 N–H and O–H groups in total. The second-order valence-corrected chi connectivity index (χ2v) is 4.74. The Morgan fingerprint density at radius 2 is 2.12 bits per heavy atom. The van der Waals surface area contributed by atoms with Gasteiger partial charge in [-0.05, 0) is 38.5 Å². The molecule has 3 heteroatoms.